The van der Waals surface area contributed by atoms with Gasteiger partial charge in [-0.15, -0.1) is 11.3 Å². The Bertz CT molecular complexity index is 403. The smallest absolute Gasteiger partial charge is 0.111 e. The first-order valence-electron chi connectivity index (χ1n) is 5.05. The van der Waals surface area contributed by atoms with Crippen molar-refractivity contribution in [3.8, 4) is 0 Å². The van der Waals surface area contributed by atoms with Crippen LogP contribution in [-0.4, -0.2) is 18.3 Å². The Balaban J connectivity index is 2.20. The summed E-state index contributed by atoms with van der Waals surface area (Å²) in [4.78, 5) is 0.977. The molecular weight excluding hydrogens is 208 g/mol. The second kappa shape index (κ2) is 4.75. The van der Waals surface area contributed by atoms with Gasteiger partial charge in [0, 0.05) is 16.2 Å². The van der Waals surface area contributed by atoms with Crippen LogP contribution in [0.25, 0.3) is 10.1 Å². The number of fused-ring (bicyclic) bond motifs is 1. The van der Waals surface area contributed by atoms with Crippen LogP contribution in [0.3, 0.4) is 0 Å². The van der Waals surface area contributed by atoms with E-state index in [1.807, 2.05) is 25.1 Å². The van der Waals surface area contributed by atoms with Gasteiger partial charge in [0.25, 0.3) is 0 Å². The van der Waals surface area contributed by atoms with Gasteiger partial charge in [0.1, 0.15) is 6.10 Å². The number of rotatable bonds is 4. The standard InChI is InChI=1S/C12H14O2S/c1-2-14-8-10(13)12-7-9-5-3-4-6-11(9)15-12/h3-7,10,13H,2,8H2,1H3. The Kier molecular flexibility index (Phi) is 3.36. The lowest BCUT2D eigenvalue weighted by atomic mass is 10.2. The maximum Gasteiger partial charge on any atom is 0.111 e. The van der Waals surface area contributed by atoms with Crippen molar-refractivity contribution in [3.05, 3.63) is 35.2 Å². The molecule has 0 radical (unpaired) electrons. The normalized spacial score (nSPS) is 13.2. The zero-order chi connectivity index (χ0) is 10.7. The van der Waals surface area contributed by atoms with Crippen molar-refractivity contribution >= 4 is 21.4 Å². The third-order valence-electron chi connectivity index (χ3n) is 2.25. The van der Waals surface area contributed by atoms with E-state index in [0.717, 1.165) is 4.88 Å². The van der Waals surface area contributed by atoms with Gasteiger partial charge in [-0.3, -0.25) is 0 Å². The van der Waals surface area contributed by atoms with E-state index in [2.05, 4.69) is 12.1 Å². The molecule has 0 saturated carbocycles. The summed E-state index contributed by atoms with van der Waals surface area (Å²) >= 11 is 1.63. The maximum absolute atomic E-state index is 9.84. The van der Waals surface area contributed by atoms with E-state index in [0.29, 0.717) is 13.2 Å². The number of aliphatic hydroxyl groups is 1. The second-order valence-corrected chi connectivity index (χ2v) is 4.48. The fraction of sp³-hybridized carbons (Fsp3) is 0.333. The monoisotopic (exact) mass is 222 g/mol. The predicted octanol–water partition coefficient (Wildman–Crippen LogP) is 2.97. The van der Waals surface area contributed by atoms with Crippen LogP contribution < -0.4 is 0 Å². The average molecular weight is 222 g/mol. The van der Waals surface area contributed by atoms with E-state index in [1.165, 1.54) is 10.1 Å². The topological polar surface area (TPSA) is 29.5 Å². The minimum absolute atomic E-state index is 0.378. The van der Waals surface area contributed by atoms with Crippen molar-refractivity contribution in [2.75, 3.05) is 13.2 Å². The lowest BCUT2D eigenvalue weighted by Gasteiger charge is -2.07. The lowest BCUT2D eigenvalue weighted by molar-refractivity contribution is 0.0439. The molecule has 2 rings (SSSR count). The molecule has 0 amide bonds. The molecule has 2 aromatic rings. The summed E-state index contributed by atoms with van der Waals surface area (Å²) in [7, 11) is 0. The Morgan fingerprint density at radius 2 is 2.20 bits per heavy atom. The highest BCUT2D eigenvalue weighted by Gasteiger charge is 2.10. The van der Waals surface area contributed by atoms with E-state index in [4.69, 9.17) is 4.74 Å². The van der Waals surface area contributed by atoms with Crippen LogP contribution in [-0.2, 0) is 4.74 Å². The van der Waals surface area contributed by atoms with Gasteiger partial charge in [0.05, 0.1) is 6.61 Å². The van der Waals surface area contributed by atoms with Gasteiger partial charge in [-0.25, -0.2) is 0 Å². The SMILES string of the molecule is CCOCC(O)c1cc2ccccc2s1. The third kappa shape index (κ3) is 2.37. The van der Waals surface area contributed by atoms with Crippen molar-refractivity contribution in [3.63, 3.8) is 0 Å². The average Bonchev–Trinajstić information content (AvgIpc) is 2.69. The van der Waals surface area contributed by atoms with Crippen LogP contribution in [0.15, 0.2) is 30.3 Å². The Morgan fingerprint density at radius 1 is 1.40 bits per heavy atom. The Labute approximate surface area is 93.1 Å². The van der Waals surface area contributed by atoms with Gasteiger partial charge in [-0.1, -0.05) is 18.2 Å². The molecule has 1 unspecified atom stereocenters. The third-order valence-corrected chi connectivity index (χ3v) is 3.47. The molecule has 1 N–H and O–H groups in total. The number of aliphatic hydroxyl groups excluding tert-OH is 1. The number of thiophene rings is 1. The zero-order valence-corrected chi connectivity index (χ0v) is 9.46. The van der Waals surface area contributed by atoms with Gasteiger partial charge >= 0.3 is 0 Å². The molecule has 1 heterocycles. The summed E-state index contributed by atoms with van der Waals surface area (Å²) < 4.78 is 6.41. The van der Waals surface area contributed by atoms with Gasteiger partial charge in [-0.05, 0) is 24.4 Å². The van der Waals surface area contributed by atoms with Crippen molar-refractivity contribution in [2.45, 2.75) is 13.0 Å². The van der Waals surface area contributed by atoms with E-state index in [-0.39, 0.29) is 0 Å². The first-order valence-corrected chi connectivity index (χ1v) is 5.87. The van der Waals surface area contributed by atoms with E-state index in [9.17, 15) is 5.11 Å². The largest absolute Gasteiger partial charge is 0.385 e. The Hall–Kier alpha value is -0.900. The first kappa shape index (κ1) is 10.6. The highest BCUT2D eigenvalue weighted by Crippen LogP contribution is 2.29. The molecule has 0 aliphatic heterocycles. The van der Waals surface area contributed by atoms with E-state index >= 15 is 0 Å². The van der Waals surface area contributed by atoms with Crippen molar-refractivity contribution in [2.24, 2.45) is 0 Å². The second-order valence-electron chi connectivity index (χ2n) is 3.36. The van der Waals surface area contributed by atoms with E-state index < -0.39 is 6.10 Å². The van der Waals surface area contributed by atoms with E-state index in [1.54, 1.807) is 11.3 Å². The summed E-state index contributed by atoms with van der Waals surface area (Å²) in [6.07, 6.45) is -0.498. The number of ether oxygens (including phenoxy) is 1. The quantitative estimate of drug-likeness (QED) is 0.861. The van der Waals surface area contributed by atoms with Gasteiger partial charge in [0.2, 0.25) is 0 Å². The molecule has 3 heteroatoms. The molecule has 2 nitrogen and oxygen atoms in total. The molecule has 1 aromatic carbocycles. The molecule has 0 fully saturated rings. The van der Waals surface area contributed by atoms with Crippen LogP contribution in [0.5, 0.6) is 0 Å². The summed E-state index contributed by atoms with van der Waals surface area (Å²) in [6, 6.07) is 10.2. The lowest BCUT2D eigenvalue weighted by Crippen LogP contribution is -2.04. The fourth-order valence-corrected chi connectivity index (χ4v) is 2.51. The number of hydrogen-bond acceptors (Lipinski definition) is 3. The summed E-state index contributed by atoms with van der Waals surface area (Å²) in [5.74, 6) is 0. The Morgan fingerprint density at radius 3 is 2.93 bits per heavy atom. The summed E-state index contributed by atoms with van der Waals surface area (Å²) in [6.45, 7) is 2.95. The van der Waals surface area contributed by atoms with Gasteiger partial charge in [-0.2, -0.15) is 0 Å². The minimum atomic E-state index is -0.498. The zero-order valence-electron chi connectivity index (χ0n) is 8.64. The molecule has 0 bridgehead atoms. The van der Waals surface area contributed by atoms with Crippen LogP contribution in [0.1, 0.15) is 17.9 Å². The first-order chi connectivity index (χ1) is 7.31. The summed E-state index contributed by atoms with van der Waals surface area (Å²) in [5.41, 5.74) is 0. The van der Waals surface area contributed by atoms with Crippen LogP contribution in [0.4, 0.5) is 0 Å². The van der Waals surface area contributed by atoms with Crippen LogP contribution in [0, 0.1) is 0 Å². The highest BCUT2D eigenvalue weighted by molar-refractivity contribution is 7.19. The predicted molar refractivity (Wildman–Crippen MR) is 63.3 cm³/mol. The van der Waals surface area contributed by atoms with Crippen molar-refractivity contribution in [1.29, 1.82) is 0 Å². The fourth-order valence-electron chi connectivity index (χ4n) is 1.48. The van der Waals surface area contributed by atoms with Crippen LogP contribution >= 0.6 is 11.3 Å². The molecule has 1 aromatic heterocycles. The van der Waals surface area contributed by atoms with Gasteiger partial charge in [0.15, 0.2) is 0 Å². The number of benzene rings is 1. The molecule has 15 heavy (non-hydrogen) atoms. The molecule has 0 spiro atoms. The molecule has 0 aliphatic rings. The minimum Gasteiger partial charge on any atom is -0.385 e. The molecular formula is C12H14O2S. The molecule has 0 saturated heterocycles. The van der Waals surface area contributed by atoms with Crippen LogP contribution in [0.2, 0.25) is 0 Å². The molecule has 1 atom stereocenters. The molecule has 0 aliphatic carbocycles. The highest BCUT2D eigenvalue weighted by atomic mass is 32.1. The van der Waals surface area contributed by atoms with Gasteiger partial charge < -0.3 is 9.84 Å². The van der Waals surface area contributed by atoms with Crippen molar-refractivity contribution in [1.82, 2.24) is 0 Å². The maximum atomic E-state index is 9.84. The number of hydrogen-bond donors (Lipinski definition) is 1. The molecule has 80 valence electrons. The van der Waals surface area contributed by atoms with Crippen molar-refractivity contribution < 1.29 is 9.84 Å². The summed E-state index contributed by atoms with van der Waals surface area (Å²) in [5, 5.41) is 11.0.